The Morgan fingerprint density at radius 1 is 1.40 bits per heavy atom. The number of benzene rings is 1. The zero-order valence-electron chi connectivity index (χ0n) is 11.9. The van der Waals surface area contributed by atoms with E-state index < -0.39 is 5.97 Å². The molecule has 0 radical (unpaired) electrons. The molecule has 5 nitrogen and oxygen atoms in total. The minimum Gasteiger partial charge on any atom is -0.478 e. The number of rotatable bonds is 8. The summed E-state index contributed by atoms with van der Waals surface area (Å²) in [6.45, 7) is 3.82. The summed E-state index contributed by atoms with van der Waals surface area (Å²) < 4.78 is 10.3. The van der Waals surface area contributed by atoms with E-state index in [1.165, 1.54) is 6.07 Å². The van der Waals surface area contributed by atoms with Crippen molar-refractivity contribution >= 4 is 23.3 Å². The minimum absolute atomic E-state index is 0.0986. The Morgan fingerprint density at radius 3 is 2.60 bits per heavy atom. The van der Waals surface area contributed by atoms with Crippen molar-refractivity contribution in [1.82, 2.24) is 0 Å². The molecular weight excluding hydrogens is 282 g/mol. The molecule has 0 aliphatic heterocycles. The Bertz CT molecular complexity index is 453. The van der Waals surface area contributed by atoms with Gasteiger partial charge in [-0.3, -0.25) is 0 Å². The van der Waals surface area contributed by atoms with Gasteiger partial charge in [0.2, 0.25) is 0 Å². The highest BCUT2D eigenvalue weighted by Crippen LogP contribution is 2.25. The van der Waals surface area contributed by atoms with Gasteiger partial charge in [0.25, 0.3) is 0 Å². The summed E-state index contributed by atoms with van der Waals surface area (Å²) in [5, 5.41) is 9.22. The van der Waals surface area contributed by atoms with Gasteiger partial charge in [0.1, 0.15) is 0 Å². The second kappa shape index (κ2) is 8.09. The van der Waals surface area contributed by atoms with Gasteiger partial charge in [0, 0.05) is 32.5 Å². The molecule has 0 saturated carbocycles. The molecule has 1 N–H and O–H groups in total. The van der Waals surface area contributed by atoms with Crippen LogP contribution >= 0.6 is 11.6 Å². The molecular formula is C14H20ClNO4. The number of halogens is 1. The lowest BCUT2D eigenvalue weighted by atomic mass is 10.1. The second-order valence-corrected chi connectivity index (χ2v) is 4.87. The summed E-state index contributed by atoms with van der Waals surface area (Å²) in [5.41, 5.74) is 0.947. The van der Waals surface area contributed by atoms with Crippen LogP contribution in [-0.4, -0.2) is 51.1 Å². The number of ether oxygens (including phenoxy) is 2. The van der Waals surface area contributed by atoms with Crippen LogP contribution in [0.15, 0.2) is 18.2 Å². The van der Waals surface area contributed by atoms with Gasteiger partial charge in [-0.1, -0.05) is 11.6 Å². The minimum atomic E-state index is -1.03. The largest absolute Gasteiger partial charge is 0.478 e. The van der Waals surface area contributed by atoms with Crippen LogP contribution in [0.25, 0.3) is 0 Å². The van der Waals surface area contributed by atoms with Gasteiger partial charge in [0.15, 0.2) is 0 Å². The van der Waals surface area contributed by atoms with E-state index in [4.69, 9.17) is 26.2 Å². The summed E-state index contributed by atoms with van der Waals surface area (Å²) in [6.07, 6.45) is 0. The summed E-state index contributed by atoms with van der Waals surface area (Å²) in [7, 11) is 3.28. The first kappa shape index (κ1) is 16.8. The molecule has 1 atom stereocenters. The molecule has 0 bridgehead atoms. The third-order valence-corrected chi connectivity index (χ3v) is 3.30. The summed E-state index contributed by atoms with van der Waals surface area (Å²) >= 11 is 6.01. The van der Waals surface area contributed by atoms with Crippen molar-refractivity contribution in [3.63, 3.8) is 0 Å². The van der Waals surface area contributed by atoms with Crippen LogP contribution in [0.5, 0.6) is 0 Å². The predicted octanol–water partition coefficient (Wildman–Crippen LogP) is 2.53. The SMILES string of the molecule is COCCN(c1ccc(C(=O)O)c(Cl)c1)C(C)COC. The molecule has 0 amide bonds. The van der Waals surface area contributed by atoms with Gasteiger partial charge in [0.05, 0.1) is 23.8 Å². The maximum atomic E-state index is 11.0. The highest BCUT2D eigenvalue weighted by Gasteiger charge is 2.17. The number of hydrogen-bond donors (Lipinski definition) is 1. The van der Waals surface area contributed by atoms with Crippen molar-refractivity contribution in [2.45, 2.75) is 13.0 Å². The van der Waals surface area contributed by atoms with Crippen molar-refractivity contribution < 1.29 is 19.4 Å². The lowest BCUT2D eigenvalue weighted by Gasteiger charge is -2.31. The number of carboxylic acids is 1. The normalized spacial score (nSPS) is 12.2. The van der Waals surface area contributed by atoms with Gasteiger partial charge < -0.3 is 19.5 Å². The zero-order valence-corrected chi connectivity index (χ0v) is 12.7. The van der Waals surface area contributed by atoms with Gasteiger partial charge in [-0.25, -0.2) is 4.79 Å². The van der Waals surface area contributed by atoms with Crippen LogP contribution in [0.3, 0.4) is 0 Å². The molecule has 1 rings (SSSR count). The van der Waals surface area contributed by atoms with E-state index in [0.717, 1.165) is 5.69 Å². The Labute approximate surface area is 124 Å². The van der Waals surface area contributed by atoms with Gasteiger partial charge in [-0.2, -0.15) is 0 Å². The molecule has 1 aromatic carbocycles. The van der Waals surface area contributed by atoms with Crippen LogP contribution in [0, 0.1) is 0 Å². The number of carboxylic acid groups (broad SMARTS) is 1. The van der Waals surface area contributed by atoms with E-state index in [-0.39, 0.29) is 16.6 Å². The quantitative estimate of drug-likeness (QED) is 0.799. The number of hydrogen-bond acceptors (Lipinski definition) is 4. The number of nitrogens with zero attached hydrogens (tertiary/aromatic N) is 1. The van der Waals surface area contributed by atoms with Gasteiger partial charge in [-0.05, 0) is 25.1 Å². The monoisotopic (exact) mass is 301 g/mol. The van der Waals surface area contributed by atoms with Crippen LogP contribution in [0.4, 0.5) is 5.69 Å². The topological polar surface area (TPSA) is 59.0 Å². The van der Waals surface area contributed by atoms with E-state index >= 15 is 0 Å². The lowest BCUT2D eigenvalue weighted by Crippen LogP contribution is -2.38. The standard InChI is InChI=1S/C14H20ClNO4/c1-10(9-20-3)16(6-7-19-2)11-4-5-12(14(17)18)13(15)8-11/h4-5,8,10H,6-7,9H2,1-3H3,(H,17,18). The summed E-state index contributed by atoms with van der Waals surface area (Å²) in [5.74, 6) is -1.03. The fourth-order valence-corrected chi connectivity index (χ4v) is 2.24. The Hall–Kier alpha value is -1.30. The van der Waals surface area contributed by atoms with Gasteiger partial charge in [-0.15, -0.1) is 0 Å². The Kier molecular flexibility index (Phi) is 6.78. The maximum absolute atomic E-state index is 11.0. The molecule has 0 heterocycles. The van der Waals surface area contributed by atoms with Gasteiger partial charge >= 0.3 is 5.97 Å². The highest BCUT2D eigenvalue weighted by atomic mass is 35.5. The highest BCUT2D eigenvalue weighted by molar-refractivity contribution is 6.33. The molecule has 6 heteroatoms. The summed E-state index contributed by atoms with van der Waals surface area (Å²) in [4.78, 5) is 13.0. The molecule has 0 saturated heterocycles. The number of anilines is 1. The molecule has 20 heavy (non-hydrogen) atoms. The van der Waals surface area contributed by atoms with Crippen LogP contribution in [0.1, 0.15) is 17.3 Å². The first-order valence-electron chi connectivity index (χ1n) is 6.28. The third-order valence-electron chi connectivity index (χ3n) is 2.99. The van der Waals surface area contributed by atoms with Crippen molar-refractivity contribution in [2.75, 3.05) is 38.9 Å². The number of methoxy groups -OCH3 is 2. The summed E-state index contributed by atoms with van der Waals surface area (Å²) in [6, 6.07) is 5.05. The molecule has 0 aliphatic rings. The zero-order chi connectivity index (χ0) is 15.1. The van der Waals surface area contributed by atoms with Crippen LogP contribution in [0.2, 0.25) is 5.02 Å². The first-order chi connectivity index (χ1) is 9.51. The van der Waals surface area contributed by atoms with Crippen molar-refractivity contribution in [3.8, 4) is 0 Å². The molecule has 0 aromatic heterocycles. The molecule has 0 fully saturated rings. The average Bonchev–Trinajstić information content (AvgIpc) is 2.39. The Balaban J connectivity index is 3.00. The molecule has 0 spiro atoms. The fraction of sp³-hybridized carbons (Fsp3) is 0.500. The second-order valence-electron chi connectivity index (χ2n) is 4.46. The van der Waals surface area contributed by atoms with Crippen LogP contribution < -0.4 is 4.90 Å². The molecule has 0 aliphatic carbocycles. The van der Waals surface area contributed by atoms with E-state index in [1.54, 1.807) is 26.4 Å². The van der Waals surface area contributed by atoms with Crippen LogP contribution in [-0.2, 0) is 9.47 Å². The number of carbonyl (C=O) groups is 1. The van der Waals surface area contributed by atoms with Crippen molar-refractivity contribution in [3.05, 3.63) is 28.8 Å². The van der Waals surface area contributed by atoms with Crippen molar-refractivity contribution in [2.24, 2.45) is 0 Å². The smallest absolute Gasteiger partial charge is 0.337 e. The third kappa shape index (κ3) is 4.37. The average molecular weight is 302 g/mol. The number of aromatic carboxylic acids is 1. The van der Waals surface area contributed by atoms with E-state index in [2.05, 4.69) is 4.90 Å². The Morgan fingerprint density at radius 2 is 2.10 bits per heavy atom. The first-order valence-corrected chi connectivity index (χ1v) is 6.66. The predicted molar refractivity (Wildman–Crippen MR) is 79.0 cm³/mol. The molecule has 1 unspecified atom stereocenters. The maximum Gasteiger partial charge on any atom is 0.337 e. The van der Waals surface area contributed by atoms with E-state index in [1.807, 2.05) is 6.92 Å². The molecule has 112 valence electrons. The lowest BCUT2D eigenvalue weighted by molar-refractivity contribution is 0.0697. The van der Waals surface area contributed by atoms with E-state index in [0.29, 0.717) is 19.8 Å². The van der Waals surface area contributed by atoms with Crippen molar-refractivity contribution in [1.29, 1.82) is 0 Å². The van der Waals surface area contributed by atoms with E-state index in [9.17, 15) is 4.79 Å². The fourth-order valence-electron chi connectivity index (χ4n) is 1.98. The molecule has 1 aromatic rings.